The van der Waals surface area contributed by atoms with Crippen molar-refractivity contribution in [2.45, 2.75) is 13.0 Å². The Morgan fingerprint density at radius 1 is 1.71 bits per heavy atom. The van der Waals surface area contributed by atoms with Crippen LogP contribution in [0, 0.1) is 0 Å². The zero-order chi connectivity index (χ0) is 10.6. The molecule has 0 aliphatic rings. The van der Waals surface area contributed by atoms with Crippen LogP contribution in [-0.2, 0) is 4.74 Å². The van der Waals surface area contributed by atoms with E-state index in [0.29, 0.717) is 5.13 Å². The van der Waals surface area contributed by atoms with Crippen molar-refractivity contribution in [1.29, 1.82) is 0 Å². The number of carbonyl (C=O) groups excluding carboxylic acids is 1. The molecule has 78 valence electrons. The van der Waals surface area contributed by atoms with E-state index < -0.39 is 6.09 Å². The maximum atomic E-state index is 10.8. The second kappa shape index (κ2) is 4.92. The molecule has 0 bridgehead atoms. The van der Waals surface area contributed by atoms with Gasteiger partial charge in [-0.3, -0.25) is 5.32 Å². The molecule has 0 spiro atoms. The van der Waals surface area contributed by atoms with Gasteiger partial charge in [0, 0.05) is 11.4 Å². The number of anilines is 1. The molecule has 1 unspecified atom stereocenters. The molecule has 1 aromatic heterocycles. The van der Waals surface area contributed by atoms with Gasteiger partial charge in [0.15, 0.2) is 5.13 Å². The summed E-state index contributed by atoms with van der Waals surface area (Å²) in [6.45, 7) is 2.00. The van der Waals surface area contributed by atoms with Crippen LogP contribution >= 0.6 is 11.3 Å². The Labute approximate surface area is 86.5 Å². The van der Waals surface area contributed by atoms with Crippen molar-refractivity contribution in [3.8, 4) is 0 Å². The third-order valence-corrected chi connectivity index (χ3v) is 2.57. The number of hydrogen-bond acceptors (Lipinski definition) is 5. The quantitative estimate of drug-likeness (QED) is 0.804. The molecule has 1 aromatic rings. The molecular formula is C8H13N3O2S. The van der Waals surface area contributed by atoms with Crippen LogP contribution in [0.1, 0.15) is 18.7 Å². The van der Waals surface area contributed by atoms with Crippen LogP contribution in [-0.4, -0.2) is 25.2 Å². The minimum absolute atomic E-state index is 0.180. The van der Waals surface area contributed by atoms with Crippen molar-refractivity contribution in [2.75, 3.05) is 19.5 Å². The second-order valence-corrected chi connectivity index (χ2v) is 3.56. The number of methoxy groups -OCH3 is 1. The van der Waals surface area contributed by atoms with Gasteiger partial charge >= 0.3 is 6.09 Å². The topological polar surface area (TPSA) is 63.2 Å². The number of aromatic nitrogens is 1. The fraction of sp³-hybridized carbons (Fsp3) is 0.500. The van der Waals surface area contributed by atoms with E-state index in [1.165, 1.54) is 18.4 Å². The molecule has 1 rings (SSSR count). The number of nitrogens with zero attached hydrogens (tertiary/aromatic N) is 1. The molecule has 0 saturated carbocycles. The summed E-state index contributed by atoms with van der Waals surface area (Å²) in [7, 11) is 3.18. The first-order valence-corrected chi connectivity index (χ1v) is 5.03. The highest BCUT2D eigenvalue weighted by Crippen LogP contribution is 2.20. The molecule has 1 atom stereocenters. The molecule has 5 nitrogen and oxygen atoms in total. The molecule has 0 aliphatic carbocycles. The molecule has 1 heterocycles. The van der Waals surface area contributed by atoms with Gasteiger partial charge in [0.25, 0.3) is 0 Å². The maximum Gasteiger partial charge on any atom is 0.413 e. The lowest BCUT2D eigenvalue weighted by Crippen LogP contribution is -2.14. The number of thiazole rings is 1. The van der Waals surface area contributed by atoms with Crippen molar-refractivity contribution in [1.82, 2.24) is 10.3 Å². The number of hydrogen-bond donors (Lipinski definition) is 2. The summed E-state index contributed by atoms with van der Waals surface area (Å²) >= 11 is 1.37. The highest BCUT2D eigenvalue weighted by atomic mass is 32.1. The van der Waals surface area contributed by atoms with Gasteiger partial charge in [0.2, 0.25) is 0 Å². The van der Waals surface area contributed by atoms with E-state index >= 15 is 0 Å². The van der Waals surface area contributed by atoms with Gasteiger partial charge in [0.05, 0.1) is 12.8 Å². The summed E-state index contributed by atoms with van der Waals surface area (Å²) in [5, 5.41) is 8.02. The first kappa shape index (κ1) is 10.9. The van der Waals surface area contributed by atoms with Crippen LogP contribution in [0.5, 0.6) is 0 Å². The fourth-order valence-corrected chi connectivity index (χ4v) is 1.62. The molecule has 14 heavy (non-hydrogen) atoms. The average Bonchev–Trinajstić information content (AvgIpc) is 2.65. The van der Waals surface area contributed by atoms with Crippen LogP contribution in [0.15, 0.2) is 5.38 Å². The van der Waals surface area contributed by atoms with Gasteiger partial charge in [-0.2, -0.15) is 0 Å². The van der Waals surface area contributed by atoms with Gasteiger partial charge in [-0.15, -0.1) is 11.3 Å². The summed E-state index contributed by atoms with van der Waals surface area (Å²) in [6.07, 6.45) is -0.497. The lowest BCUT2D eigenvalue weighted by molar-refractivity contribution is 0.187. The van der Waals surface area contributed by atoms with Crippen LogP contribution < -0.4 is 10.6 Å². The van der Waals surface area contributed by atoms with Crippen molar-refractivity contribution < 1.29 is 9.53 Å². The number of ether oxygens (including phenoxy) is 1. The van der Waals surface area contributed by atoms with Crippen LogP contribution in [0.3, 0.4) is 0 Å². The predicted molar refractivity (Wildman–Crippen MR) is 55.6 cm³/mol. The zero-order valence-corrected chi connectivity index (χ0v) is 9.14. The first-order chi connectivity index (χ1) is 6.67. The third-order valence-electron chi connectivity index (χ3n) is 1.79. The smallest absolute Gasteiger partial charge is 0.413 e. The van der Waals surface area contributed by atoms with Gasteiger partial charge in [-0.05, 0) is 14.0 Å². The summed E-state index contributed by atoms with van der Waals surface area (Å²) in [4.78, 5) is 15.1. The molecule has 0 saturated heterocycles. The highest BCUT2D eigenvalue weighted by molar-refractivity contribution is 7.13. The molecule has 2 N–H and O–H groups in total. The second-order valence-electron chi connectivity index (χ2n) is 2.70. The Kier molecular flexibility index (Phi) is 3.84. The average molecular weight is 215 g/mol. The summed E-state index contributed by atoms with van der Waals surface area (Å²) < 4.78 is 4.45. The van der Waals surface area contributed by atoms with Gasteiger partial charge in [0.1, 0.15) is 0 Å². The Morgan fingerprint density at radius 3 is 3.00 bits per heavy atom. The van der Waals surface area contributed by atoms with Crippen molar-refractivity contribution in [2.24, 2.45) is 0 Å². The van der Waals surface area contributed by atoms with Crippen LogP contribution in [0.4, 0.5) is 9.93 Å². The molecule has 6 heteroatoms. The van der Waals surface area contributed by atoms with Gasteiger partial charge < -0.3 is 10.1 Å². The van der Waals surface area contributed by atoms with Crippen molar-refractivity contribution >= 4 is 22.6 Å². The molecular weight excluding hydrogens is 202 g/mol. The van der Waals surface area contributed by atoms with E-state index in [9.17, 15) is 4.79 Å². The SMILES string of the molecule is CNC(C)c1csc(NC(=O)OC)n1. The fourth-order valence-electron chi connectivity index (χ4n) is 0.829. The predicted octanol–water partition coefficient (Wildman–Crippen LogP) is 1.60. The van der Waals surface area contributed by atoms with E-state index in [2.05, 4.69) is 20.4 Å². The normalized spacial score (nSPS) is 12.2. The van der Waals surface area contributed by atoms with Crippen molar-refractivity contribution in [3.63, 3.8) is 0 Å². The van der Waals surface area contributed by atoms with Crippen LogP contribution in [0.25, 0.3) is 0 Å². The first-order valence-electron chi connectivity index (χ1n) is 4.15. The lowest BCUT2D eigenvalue weighted by atomic mass is 10.3. The van der Waals surface area contributed by atoms with Crippen molar-refractivity contribution in [3.05, 3.63) is 11.1 Å². The van der Waals surface area contributed by atoms with E-state index in [-0.39, 0.29) is 6.04 Å². The summed E-state index contributed by atoms with van der Waals surface area (Å²) in [5.41, 5.74) is 0.906. The lowest BCUT2D eigenvalue weighted by Gasteiger charge is -2.04. The molecule has 0 aliphatic heterocycles. The Bertz CT molecular complexity index is 313. The maximum absolute atomic E-state index is 10.8. The molecule has 1 amide bonds. The zero-order valence-electron chi connectivity index (χ0n) is 8.33. The number of nitrogens with one attached hydrogen (secondary N) is 2. The number of rotatable bonds is 3. The molecule has 0 radical (unpaired) electrons. The van der Waals surface area contributed by atoms with E-state index in [1.807, 2.05) is 19.4 Å². The van der Waals surface area contributed by atoms with E-state index in [1.54, 1.807) is 0 Å². The van der Waals surface area contributed by atoms with E-state index in [0.717, 1.165) is 5.69 Å². The standard InChI is InChI=1S/C8H13N3O2S/c1-5(9-2)6-4-14-7(10-6)11-8(12)13-3/h4-5,9H,1-3H3,(H,10,11,12). The Balaban J connectivity index is 2.63. The number of carbonyl (C=O) groups is 1. The van der Waals surface area contributed by atoms with Gasteiger partial charge in [-0.25, -0.2) is 9.78 Å². The number of amides is 1. The Hall–Kier alpha value is -1.14. The summed E-state index contributed by atoms with van der Waals surface area (Å²) in [5.74, 6) is 0. The minimum Gasteiger partial charge on any atom is -0.453 e. The largest absolute Gasteiger partial charge is 0.453 e. The van der Waals surface area contributed by atoms with Crippen LogP contribution in [0.2, 0.25) is 0 Å². The third kappa shape index (κ3) is 2.68. The van der Waals surface area contributed by atoms with Gasteiger partial charge in [-0.1, -0.05) is 0 Å². The minimum atomic E-state index is -0.497. The summed E-state index contributed by atoms with van der Waals surface area (Å²) in [6, 6.07) is 0.180. The Morgan fingerprint density at radius 2 is 2.43 bits per heavy atom. The monoisotopic (exact) mass is 215 g/mol. The molecule has 0 fully saturated rings. The molecule has 0 aromatic carbocycles. The van der Waals surface area contributed by atoms with E-state index in [4.69, 9.17) is 0 Å². The highest BCUT2D eigenvalue weighted by Gasteiger charge is 2.09.